The Morgan fingerprint density at radius 1 is 0.297 bits per heavy atom. The molecule has 22 rings (SSSR count). The van der Waals surface area contributed by atoms with Crippen LogP contribution in [-0.2, 0) is 0 Å². The molecule has 8 aliphatic rings. The lowest BCUT2D eigenvalue weighted by Gasteiger charge is -2.68. The number of hydrogen-bond acceptors (Lipinski definition) is 2. The first kappa shape index (κ1) is 36.1. The topological polar surface area (TPSA) is 26.2 Å². The van der Waals surface area contributed by atoms with Crippen molar-refractivity contribution in [2.75, 3.05) is 9.80 Å². The van der Waals surface area contributed by atoms with Gasteiger partial charge in [-0.15, -0.1) is 0 Å². The SMILES string of the molecule is c1ccc2c(c1)c1ccccc1n2-c1ccc2c(c1)B1c3cc(-n4c5ccccc5c5ccccc54)ccc3N3c4cccc5c6ccc7c8c6n(c45)[C@H]4C5B8c6c-7ccc7c8cccc9c8n(c67)C5C(C1C43)N29. The van der Waals surface area contributed by atoms with E-state index in [1.54, 1.807) is 10.9 Å². The molecule has 1 aliphatic carbocycles. The summed E-state index contributed by atoms with van der Waals surface area (Å²) in [6, 6.07) is 76.8. The average Bonchev–Trinajstić information content (AvgIpc) is 4.26. The van der Waals surface area contributed by atoms with Gasteiger partial charge in [-0.05, 0) is 117 Å². The highest BCUT2D eigenvalue weighted by Gasteiger charge is 2.71. The van der Waals surface area contributed by atoms with Gasteiger partial charge < -0.3 is 28.1 Å². The second-order valence-corrected chi connectivity index (χ2v) is 23.0. The summed E-state index contributed by atoms with van der Waals surface area (Å²) in [5.74, 6) is 0.605. The molecule has 1 saturated carbocycles. The third-order valence-electron chi connectivity index (χ3n) is 20.6. The minimum absolute atomic E-state index is 0.104. The van der Waals surface area contributed by atoms with Crippen LogP contribution >= 0.6 is 0 Å². The number of rotatable bonds is 2. The summed E-state index contributed by atoms with van der Waals surface area (Å²) >= 11 is 0. The summed E-state index contributed by atoms with van der Waals surface area (Å²) in [6.07, 6.45) is 0. The maximum atomic E-state index is 2.97. The first-order chi connectivity index (χ1) is 36.8. The van der Waals surface area contributed by atoms with Crippen molar-refractivity contribution >= 4 is 145 Å². The molecule has 7 aliphatic heterocycles. The van der Waals surface area contributed by atoms with E-state index in [0.717, 1.165) is 0 Å². The molecule has 14 aromatic rings. The van der Waals surface area contributed by atoms with Crippen LogP contribution in [0.5, 0.6) is 0 Å². The van der Waals surface area contributed by atoms with Crippen LogP contribution in [0.25, 0.3) is 110 Å². The van der Waals surface area contributed by atoms with Gasteiger partial charge in [0, 0.05) is 76.9 Å². The number of nitrogens with zero attached hydrogens (tertiary/aromatic N) is 6. The zero-order valence-corrected chi connectivity index (χ0v) is 39.8. The number of aromatic nitrogens is 4. The van der Waals surface area contributed by atoms with Gasteiger partial charge in [0.2, 0.25) is 13.4 Å². The Balaban J connectivity index is 0.933. The molecule has 11 heterocycles. The summed E-state index contributed by atoms with van der Waals surface area (Å²) < 4.78 is 11.0. The monoisotopic (exact) mass is 936 g/mol. The molecule has 0 N–H and O–H groups in total. The van der Waals surface area contributed by atoms with Crippen LogP contribution in [0.4, 0.5) is 22.7 Å². The van der Waals surface area contributed by atoms with E-state index in [1.807, 2.05) is 0 Å². The molecule has 10 aromatic carbocycles. The molecule has 0 spiro atoms. The number of benzene rings is 10. The molecule has 0 saturated heterocycles. The zero-order valence-electron chi connectivity index (χ0n) is 39.8. The number of fused-ring (bicyclic) bond motifs is 17. The molecular formula is C66H38B2N6. The van der Waals surface area contributed by atoms with Crippen molar-refractivity contribution in [3.63, 3.8) is 0 Å². The molecule has 74 heavy (non-hydrogen) atoms. The van der Waals surface area contributed by atoms with Crippen LogP contribution in [0.1, 0.15) is 12.1 Å². The van der Waals surface area contributed by atoms with Gasteiger partial charge in [0.05, 0.1) is 68.6 Å². The molecule has 0 radical (unpaired) electrons. The minimum Gasteiger partial charge on any atom is -0.335 e. The Labute approximate surface area is 423 Å². The van der Waals surface area contributed by atoms with Gasteiger partial charge in [0.1, 0.15) is 0 Å². The van der Waals surface area contributed by atoms with E-state index in [1.165, 1.54) is 143 Å². The highest BCUT2D eigenvalue weighted by Crippen LogP contribution is 2.70. The Morgan fingerprint density at radius 3 is 1.14 bits per heavy atom. The van der Waals surface area contributed by atoms with Gasteiger partial charge in [-0.2, -0.15) is 0 Å². The normalized spacial score (nSPS) is 21.9. The number of anilines is 4. The highest BCUT2D eigenvalue weighted by atomic mass is 15.3. The second kappa shape index (κ2) is 11.5. The predicted molar refractivity (Wildman–Crippen MR) is 307 cm³/mol. The lowest BCUT2D eigenvalue weighted by Crippen LogP contribution is -2.76. The highest BCUT2D eigenvalue weighted by molar-refractivity contribution is 6.95. The van der Waals surface area contributed by atoms with Gasteiger partial charge in [0.15, 0.2) is 0 Å². The van der Waals surface area contributed by atoms with Crippen LogP contribution in [0.15, 0.2) is 194 Å². The summed E-state index contributed by atoms with van der Waals surface area (Å²) in [5.41, 5.74) is 27.8. The van der Waals surface area contributed by atoms with Crippen molar-refractivity contribution in [3.8, 4) is 22.5 Å². The largest absolute Gasteiger partial charge is 0.335 e. The molecule has 0 bridgehead atoms. The average molecular weight is 937 g/mol. The van der Waals surface area contributed by atoms with E-state index in [4.69, 9.17) is 0 Å². The molecule has 8 heteroatoms. The molecule has 0 amide bonds. The molecule has 6 atom stereocenters. The Morgan fingerprint density at radius 2 is 0.689 bits per heavy atom. The van der Waals surface area contributed by atoms with Gasteiger partial charge >= 0.3 is 0 Å². The van der Waals surface area contributed by atoms with E-state index >= 15 is 0 Å². The van der Waals surface area contributed by atoms with Crippen molar-refractivity contribution in [2.24, 2.45) is 0 Å². The van der Waals surface area contributed by atoms with Gasteiger partial charge in [-0.3, -0.25) is 0 Å². The summed E-state index contributed by atoms with van der Waals surface area (Å²) in [6.45, 7) is 0.438. The Bertz CT molecular complexity index is 4720. The zero-order chi connectivity index (χ0) is 46.9. The third kappa shape index (κ3) is 3.52. The van der Waals surface area contributed by atoms with E-state index in [-0.39, 0.29) is 36.7 Å². The lowest BCUT2D eigenvalue weighted by molar-refractivity contribution is 0.203. The van der Waals surface area contributed by atoms with E-state index in [9.17, 15) is 0 Å². The first-order valence-electron chi connectivity index (χ1n) is 26.8. The van der Waals surface area contributed by atoms with Gasteiger partial charge in [-0.1, -0.05) is 121 Å². The van der Waals surface area contributed by atoms with Crippen molar-refractivity contribution in [2.45, 2.75) is 35.8 Å². The second-order valence-electron chi connectivity index (χ2n) is 23.0. The van der Waals surface area contributed by atoms with E-state index in [2.05, 4.69) is 222 Å². The molecular weight excluding hydrogens is 898 g/mol. The van der Waals surface area contributed by atoms with E-state index in [0.29, 0.717) is 12.5 Å². The van der Waals surface area contributed by atoms with Crippen molar-refractivity contribution in [1.82, 2.24) is 18.3 Å². The predicted octanol–water partition coefficient (Wildman–Crippen LogP) is 12.5. The lowest BCUT2D eigenvalue weighted by atomic mass is 9.21. The fourth-order valence-electron chi connectivity index (χ4n) is 18.6. The van der Waals surface area contributed by atoms with Crippen molar-refractivity contribution < 1.29 is 0 Å². The third-order valence-corrected chi connectivity index (χ3v) is 20.6. The van der Waals surface area contributed by atoms with Crippen LogP contribution in [0.2, 0.25) is 11.6 Å². The molecule has 4 aromatic heterocycles. The maximum absolute atomic E-state index is 2.97. The summed E-state index contributed by atoms with van der Waals surface area (Å²) in [4.78, 5) is 5.86. The number of para-hydroxylation sites is 6. The standard InChI is InChI=1S/C66H38B2N6/c1-5-17-47-35(11-1)36-12-2-6-18-48(36)69(47)33-23-29-51-45(31-33)67-46-32-34(70-49-19-7-3-13-37(49)38-14-4-8-20-50(38)70)24-30-52(46)72-54-22-10-16-42-44-28-26-40-39-25-27-43-41-15-9-21-53-59(41)73-61(43)55(39)68-56(40)62(44)74(60(42)54)66-58(68)65(73)63(71(51)53)57(67)64(66)72/h1-32,57-58,63-66H/t57?,58?,63?,64?,65-,66?/m0/s1. The Hall–Kier alpha value is -8.87. The minimum atomic E-state index is 0.104. The van der Waals surface area contributed by atoms with E-state index < -0.39 is 0 Å². The van der Waals surface area contributed by atoms with Crippen LogP contribution < -0.4 is 31.7 Å². The Kier molecular flexibility index (Phi) is 5.61. The van der Waals surface area contributed by atoms with Crippen LogP contribution in [0.3, 0.4) is 0 Å². The summed E-state index contributed by atoms with van der Waals surface area (Å²) in [5, 5.41) is 10.8. The van der Waals surface area contributed by atoms with Gasteiger partial charge in [0.25, 0.3) is 0 Å². The van der Waals surface area contributed by atoms with Crippen molar-refractivity contribution in [1.29, 1.82) is 0 Å². The smallest absolute Gasteiger partial charge is 0.223 e. The van der Waals surface area contributed by atoms with Crippen LogP contribution in [0, 0.1) is 0 Å². The fraction of sp³-hybridized carbons (Fsp3) is 0.0909. The number of hydrogen-bond donors (Lipinski definition) is 0. The molecule has 6 nitrogen and oxygen atoms in total. The molecule has 338 valence electrons. The molecule has 1 fully saturated rings. The maximum Gasteiger partial charge on any atom is 0.223 e. The fourth-order valence-corrected chi connectivity index (χ4v) is 18.6. The van der Waals surface area contributed by atoms with Gasteiger partial charge in [-0.25, -0.2) is 0 Å². The quantitative estimate of drug-likeness (QED) is 0.161. The van der Waals surface area contributed by atoms with Crippen molar-refractivity contribution in [3.05, 3.63) is 194 Å². The molecule has 5 unspecified atom stereocenters. The summed E-state index contributed by atoms with van der Waals surface area (Å²) in [7, 11) is 0. The van der Waals surface area contributed by atoms with Crippen LogP contribution in [-0.4, -0.2) is 43.8 Å². The first-order valence-corrected chi connectivity index (χ1v) is 26.8.